The van der Waals surface area contributed by atoms with Gasteiger partial charge in [0.05, 0.1) is 12.0 Å². The number of carbonyl (C=O) groups is 2. The number of carbonyl (C=O) groups excluding carboxylic acids is 2. The van der Waals surface area contributed by atoms with Crippen molar-refractivity contribution in [2.45, 2.75) is 6.92 Å². The molecule has 0 unspecified atom stereocenters. The van der Waals surface area contributed by atoms with Crippen molar-refractivity contribution < 1.29 is 19.2 Å². The number of non-ortho nitro benzene ring substituents is 1. The summed E-state index contributed by atoms with van der Waals surface area (Å²) in [6.45, 7) is 1.57. The summed E-state index contributed by atoms with van der Waals surface area (Å²) >= 11 is 0. The monoisotopic (exact) mass is 264 g/mol. The fraction of sp³-hybridized carbons (Fsp3) is 0.167. The van der Waals surface area contributed by atoms with E-state index in [0.29, 0.717) is 0 Å². The SMILES string of the molecule is C/C=C(\NC(=O)c1ccc([N+](=O)[O-])cc1)C(=O)OC. The number of hydrogen-bond donors (Lipinski definition) is 1. The molecule has 0 aromatic heterocycles. The maximum absolute atomic E-state index is 11.8. The molecule has 0 aliphatic rings. The van der Waals surface area contributed by atoms with Gasteiger partial charge in [0.25, 0.3) is 11.6 Å². The number of nitrogens with zero attached hydrogens (tertiary/aromatic N) is 1. The lowest BCUT2D eigenvalue weighted by atomic mass is 10.2. The standard InChI is InChI=1S/C12H12N2O5/c1-3-10(12(16)19-2)13-11(15)8-4-6-9(7-5-8)14(17)18/h3-7H,1-2H3,(H,13,15)/b10-3-. The second-order valence-corrected chi connectivity index (χ2v) is 3.45. The Kier molecular flexibility index (Phi) is 4.76. The van der Waals surface area contributed by atoms with Gasteiger partial charge in [0.1, 0.15) is 5.70 Å². The molecule has 0 atom stereocenters. The van der Waals surface area contributed by atoms with Gasteiger partial charge in [-0.05, 0) is 19.1 Å². The number of nitro groups is 1. The number of hydrogen-bond acceptors (Lipinski definition) is 5. The summed E-state index contributed by atoms with van der Waals surface area (Å²) in [7, 11) is 1.20. The van der Waals surface area contributed by atoms with E-state index < -0.39 is 16.8 Å². The van der Waals surface area contributed by atoms with Crippen LogP contribution in [0.2, 0.25) is 0 Å². The van der Waals surface area contributed by atoms with Crippen LogP contribution < -0.4 is 5.32 Å². The molecule has 7 heteroatoms. The number of nitro benzene ring substituents is 1. The van der Waals surface area contributed by atoms with Crippen LogP contribution in [0.5, 0.6) is 0 Å². The summed E-state index contributed by atoms with van der Waals surface area (Å²) in [4.78, 5) is 33.0. The number of allylic oxidation sites excluding steroid dienone is 1. The predicted octanol–water partition coefficient (Wildman–Crippen LogP) is 1.40. The van der Waals surface area contributed by atoms with Crippen molar-refractivity contribution >= 4 is 17.6 Å². The lowest BCUT2D eigenvalue weighted by Gasteiger charge is -2.07. The third-order valence-corrected chi connectivity index (χ3v) is 2.28. The van der Waals surface area contributed by atoms with Crippen LogP contribution in [0.25, 0.3) is 0 Å². The molecule has 19 heavy (non-hydrogen) atoms. The fourth-order valence-electron chi connectivity index (χ4n) is 1.28. The minimum atomic E-state index is -0.669. The third kappa shape index (κ3) is 3.63. The number of ether oxygens (including phenoxy) is 1. The van der Waals surface area contributed by atoms with Crippen LogP contribution in [0.4, 0.5) is 5.69 Å². The van der Waals surface area contributed by atoms with E-state index in [-0.39, 0.29) is 16.9 Å². The highest BCUT2D eigenvalue weighted by Gasteiger charge is 2.14. The minimum absolute atomic E-state index is 0.00542. The number of nitrogens with one attached hydrogen (secondary N) is 1. The zero-order chi connectivity index (χ0) is 14.4. The first kappa shape index (κ1) is 14.4. The first-order chi connectivity index (χ1) is 8.99. The Morgan fingerprint density at radius 3 is 2.32 bits per heavy atom. The Morgan fingerprint density at radius 2 is 1.89 bits per heavy atom. The van der Waals surface area contributed by atoms with Crippen LogP contribution in [0.1, 0.15) is 17.3 Å². The average Bonchev–Trinajstić information content (AvgIpc) is 2.43. The first-order valence-electron chi connectivity index (χ1n) is 5.30. The van der Waals surface area contributed by atoms with E-state index in [1.54, 1.807) is 6.92 Å². The number of rotatable bonds is 4. The highest BCUT2D eigenvalue weighted by molar-refractivity contribution is 6.01. The van der Waals surface area contributed by atoms with Crippen molar-refractivity contribution in [3.63, 3.8) is 0 Å². The van der Waals surface area contributed by atoms with Crippen LogP contribution in [-0.4, -0.2) is 23.9 Å². The molecule has 7 nitrogen and oxygen atoms in total. The van der Waals surface area contributed by atoms with Gasteiger partial charge in [0, 0.05) is 17.7 Å². The van der Waals surface area contributed by atoms with Gasteiger partial charge in [-0.3, -0.25) is 14.9 Å². The molecule has 1 aromatic rings. The molecule has 0 aliphatic carbocycles. The number of benzene rings is 1. The third-order valence-electron chi connectivity index (χ3n) is 2.28. The molecule has 0 saturated heterocycles. The Labute approximate surface area is 109 Å². The summed E-state index contributed by atoms with van der Waals surface area (Å²) in [6.07, 6.45) is 1.40. The van der Waals surface area contributed by atoms with Crippen LogP contribution in [0.15, 0.2) is 36.0 Å². The fourth-order valence-corrected chi connectivity index (χ4v) is 1.28. The van der Waals surface area contributed by atoms with E-state index in [0.717, 1.165) is 0 Å². The molecular weight excluding hydrogens is 252 g/mol. The molecule has 100 valence electrons. The lowest BCUT2D eigenvalue weighted by molar-refractivity contribution is -0.384. The van der Waals surface area contributed by atoms with E-state index in [1.807, 2.05) is 0 Å². The van der Waals surface area contributed by atoms with Gasteiger partial charge >= 0.3 is 5.97 Å². The molecule has 0 radical (unpaired) electrons. The number of esters is 1. The summed E-state index contributed by atoms with van der Waals surface area (Å²) in [5.74, 6) is -1.22. The Balaban J connectivity index is 2.84. The maximum Gasteiger partial charge on any atom is 0.354 e. The summed E-state index contributed by atoms with van der Waals surface area (Å²) in [6, 6.07) is 5.03. The van der Waals surface area contributed by atoms with E-state index in [2.05, 4.69) is 10.1 Å². The van der Waals surface area contributed by atoms with Gasteiger partial charge < -0.3 is 10.1 Å². The Bertz CT molecular complexity index is 534. The average molecular weight is 264 g/mol. The maximum atomic E-state index is 11.8. The van der Waals surface area contributed by atoms with Gasteiger partial charge in [0.2, 0.25) is 0 Å². The molecule has 0 saturated carbocycles. The summed E-state index contributed by atoms with van der Waals surface area (Å²) in [5, 5.41) is 12.8. The van der Waals surface area contributed by atoms with Crippen LogP contribution >= 0.6 is 0 Å². The summed E-state index contributed by atoms with van der Waals surface area (Å²) < 4.78 is 4.48. The van der Waals surface area contributed by atoms with Crippen molar-refractivity contribution in [2.75, 3.05) is 7.11 Å². The molecule has 0 bridgehead atoms. The van der Waals surface area contributed by atoms with Crippen LogP contribution in [0.3, 0.4) is 0 Å². The highest BCUT2D eigenvalue weighted by atomic mass is 16.6. The van der Waals surface area contributed by atoms with Crippen molar-refractivity contribution in [2.24, 2.45) is 0 Å². The molecule has 1 rings (SSSR count). The molecule has 1 amide bonds. The predicted molar refractivity (Wildman–Crippen MR) is 66.3 cm³/mol. The van der Waals surface area contributed by atoms with Gasteiger partial charge in [-0.15, -0.1) is 0 Å². The molecule has 0 heterocycles. The van der Waals surface area contributed by atoms with Crippen molar-refractivity contribution in [3.05, 3.63) is 51.7 Å². The van der Waals surface area contributed by atoms with Crippen molar-refractivity contribution in [1.29, 1.82) is 0 Å². The van der Waals surface area contributed by atoms with Crippen LogP contribution in [0, 0.1) is 10.1 Å². The second-order valence-electron chi connectivity index (χ2n) is 3.45. The van der Waals surface area contributed by atoms with E-state index in [9.17, 15) is 19.7 Å². The Morgan fingerprint density at radius 1 is 1.32 bits per heavy atom. The van der Waals surface area contributed by atoms with E-state index in [4.69, 9.17) is 0 Å². The quantitative estimate of drug-likeness (QED) is 0.383. The molecular formula is C12H12N2O5. The van der Waals surface area contributed by atoms with E-state index >= 15 is 0 Å². The first-order valence-corrected chi connectivity index (χ1v) is 5.30. The lowest BCUT2D eigenvalue weighted by Crippen LogP contribution is -2.27. The van der Waals surface area contributed by atoms with Crippen molar-refractivity contribution in [3.8, 4) is 0 Å². The number of methoxy groups -OCH3 is 1. The molecule has 1 N–H and O–H groups in total. The molecule has 1 aromatic carbocycles. The van der Waals surface area contributed by atoms with Gasteiger partial charge in [-0.2, -0.15) is 0 Å². The molecule has 0 spiro atoms. The van der Waals surface area contributed by atoms with Crippen LogP contribution in [-0.2, 0) is 9.53 Å². The Hall–Kier alpha value is -2.70. The molecule has 0 aliphatic heterocycles. The summed E-state index contributed by atoms with van der Waals surface area (Å²) in [5.41, 5.74) is 0.0930. The second kappa shape index (κ2) is 6.29. The van der Waals surface area contributed by atoms with Crippen molar-refractivity contribution in [1.82, 2.24) is 5.32 Å². The molecule has 0 fully saturated rings. The zero-order valence-corrected chi connectivity index (χ0v) is 10.4. The topological polar surface area (TPSA) is 98.5 Å². The van der Waals surface area contributed by atoms with Gasteiger partial charge in [-0.1, -0.05) is 6.08 Å². The van der Waals surface area contributed by atoms with E-state index in [1.165, 1.54) is 37.5 Å². The number of amides is 1. The normalized spacial score (nSPS) is 10.7. The highest BCUT2D eigenvalue weighted by Crippen LogP contribution is 2.12. The largest absolute Gasteiger partial charge is 0.464 e. The van der Waals surface area contributed by atoms with Gasteiger partial charge in [-0.25, -0.2) is 4.79 Å². The minimum Gasteiger partial charge on any atom is -0.464 e. The smallest absolute Gasteiger partial charge is 0.354 e. The zero-order valence-electron chi connectivity index (χ0n) is 10.4. The van der Waals surface area contributed by atoms with Gasteiger partial charge in [0.15, 0.2) is 0 Å².